The predicted octanol–water partition coefficient (Wildman–Crippen LogP) is 5.11. The van der Waals surface area contributed by atoms with E-state index in [4.69, 9.17) is 9.26 Å². The molecule has 2 rings (SSSR count). The molecule has 0 bridgehead atoms. The number of allylic oxidation sites excluding steroid dienone is 2. The Morgan fingerprint density at radius 1 is 1.20 bits per heavy atom. The van der Waals surface area contributed by atoms with Crippen LogP contribution in [0.15, 0.2) is 60.9 Å². The molecule has 0 amide bonds. The molecule has 2 heterocycles. The van der Waals surface area contributed by atoms with E-state index < -0.39 is 13.7 Å². The van der Waals surface area contributed by atoms with Gasteiger partial charge in [0, 0.05) is 23.2 Å². The van der Waals surface area contributed by atoms with Crippen molar-refractivity contribution in [3.63, 3.8) is 0 Å². The van der Waals surface area contributed by atoms with E-state index in [1.165, 1.54) is 5.31 Å². The summed E-state index contributed by atoms with van der Waals surface area (Å²) in [4.78, 5) is 8.69. The number of pyridine rings is 2. The Hall–Kier alpha value is -2.55. The average Bonchev–Trinajstić information content (AvgIpc) is 2.72. The van der Waals surface area contributed by atoms with E-state index in [-0.39, 0.29) is 0 Å². The monoisotopic (exact) mass is 422 g/mol. The normalized spacial score (nSPS) is 14.5. The van der Waals surface area contributed by atoms with Crippen LogP contribution in [0.3, 0.4) is 0 Å². The van der Waals surface area contributed by atoms with Crippen molar-refractivity contribution in [1.29, 1.82) is 0 Å². The van der Waals surface area contributed by atoms with Gasteiger partial charge in [-0.05, 0) is 70.0 Å². The summed E-state index contributed by atoms with van der Waals surface area (Å²) in [6.45, 7) is 18.5. The molecule has 1 unspecified atom stereocenters. The molecule has 0 aliphatic heterocycles. The molecule has 2 aromatic heterocycles. The average molecular weight is 423 g/mol. The van der Waals surface area contributed by atoms with Gasteiger partial charge in [-0.15, -0.1) is 0 Å². The molecule has 5 heteroatoms. The van der Waals surface area contributed by atoms with E-state index in [0.29, 0.717) is 12.4 Å². The number of rotatable bonds is 9. The van der Waals surface area contributed by atoms with Crippen molar-refractivity contribution in [2.45, 2.75) is 33.3 Å². The second kappa shape index (κ2) is 11.0. The molecular weight excluding hydrogens is 391 g/mol. The van der Waals surface area contributed by atoms with Crippen molar-refractivity contribution in [2.75, 3.05) is 13.3 Å². The van der Waals surface area contributed by atoms with E-state index in [1.807, 2.05) is 57.2 Å². The van der Waals surface area contributed by atoms with Crippen molar-refractivity contribution in [2.24, 2.45) is 0 Å². The Kier molecular flexibility index (Phi) is 8.71. The maximum Gasteiger partial charge on any atom is 0.127 e. The summed E-state index contributed by atoms with van der Waals surface area (Å²) in [5.74, 6) is 0.582. The molecule has 2 aromatic rings. The largest absolute Gasteiger partial charge is 0.486 e. The molecular formula is C25H31N2O2P. The second-order valence-electron chi connectivity index (χ2n) is 7.48. The lowest BCUT2D eigenvalue weighted by Gasteiger charge is -2.28. The number of hydrogen-bond donors (Lipinski definition) is 0. The first-order chi connectivity index (χ1) is 14.3. The third-order valence-corrected chi connectivity index (χ3v) is 6.04. The quantitative estimate of drug-likeness (QED) is 0.416. The van der Waals surface area contributed by atoms with Gasteiger partial charge >= 0.3 is 0 Å². The summed E-state index contributed by atoms with van der Waals surface area (Å²) in [6.07, 6.45) is 11.3. The van der Waals surface area contributed by atoms with Crippen LogP contribution in [0, 0.1) is 0 Å². The van der Waals surface area contributed by atoms with Gasteiger partial charge in [0.25, 0.3) is 0 Å². The summed E-state index contributed by atoms with van der Waals surface area (Å²) in [6, 6.07) is 7.85. The van der Waals surface area contributed by atoms with Crippen LogP contribution in [0.4, 0.5) is 0 Å². The van der Waals surface area contributed by atoms with E-state index in [0.717, 1.165) is 21.8 Å². The van der Waals surface area contributed by atoms with Crippen LogP contribution in [-0.4, -0.2) is 28.8 Å². The molecule has 0 aliphatic rings. The minimum absolute atomic E-state index is 0.453. The molecule has 4 nitrogen and oxygen atoms in total. The second-order valence-corrected chi connectivity index (χ2v) is 9.44. The fourth-order valence-electron chi connectivity index (χ4n) is 2.77. The Morgan fingerprint density at radius 3 is 2.60 bits per heavy atom. The van der Waals surface area contributed by atoms with Gasteiger partial charge in [-0.1, -0.05) is 31.4 Å². The molecule has 30 heavy (non-hydrogen) atoms. The molecule has 0 fully saturated rings. The Labute approximate surface area is 181 Å². The van der Waals surface area contributed by atoms with Crippen LogP contribution < -0.4 is 10.6 Å². The van der Waals surface area contributed by atoms with Gasteiger partial charge in [-0.3, -0.25) is 9.97 Å². The summed E-state index contributed by atoms with van der Waals surface area (Å²) in [5, 5.41) is 3.05. The van der Waals surface area contributed by atoms with Crippen LogP contribution in [0.2, 0.25) is 0 Å². The lowest BCUT2D eigenvalue weighted by molar-refractivity contribution is 0.00771. The zero-order valence-electron chi connectivity index (χ0n) is 18.6. The molecule has 158 valence electrons. The topological polar surface area (TPSA) is 44.2 Å². The summed E-state index contributed by atoms with van der Waals surface area (Å²) in [5.41, 5.74) is 1.40. The summed E-state index contributed by atoms with van der Waals surface area (Å²) < 4.78 is 12.2. The molecule has 1 atom stereocenters. The molecule has 0 aliphatic carbocycles. The van der Waals surface area contributed by atoms with Crippen molar-refractivity contribution in [1.82, 2.24) is 9.97 Å². The highest BCUT2D eigenvalue weighted by Crippen LogP contribution is 2.43. The van der Waals surface area contributed by atoms with Crippen LogP contribution in [0.25, 0.3) is 24.3 Å². The number of aromatic nitrogens is 2. The zero-order chi connectivity index (χ0) is 22.1. The smallest absolute Gasteiger partial charge is 0.127 e. The fraction of sp³-hybridized carbons (Fsp3) is 0.280. The van der Waals surface area contributed by atoms with Crippen molar-refractivity contribution >= 4 is 32.5 Å². The molecule has 0 N–H and O–H groups in total. The van der Waals surface area contributed by atoms with E-state index in [1.54, 1.807) is 18.5 Å². The van der Waals surface area contributed by atoms with Crippen LogP contribution in [0.5, 0.6) is 0 Å². The first-order valence-corrected chi connectivity index (χ1v) is 11.6. The van der Waals surface area contributed by atoms with Gasteiger partial charge < -0.3 is 9.26 Å². The van der Waals surface area contributed by atoms with Crippen LogP contribution in [0.1, 0.15) is 39.0 Å². The predicted molar refractivity (Wildman–Crippen MR) is 129 cm³/mol. The Bertz CT molecular complexity index is 1040. The first kappa shape index (κ1) is 23.7. The molecule has 0 spiro atoms. The zero-order valence-corrected chi connectivity index (χ0v) is 19.4. The number of ether oxygens (including phenoxy) is 1. The molecule has 0 aromatic carbocycles. The highest BCUT2D eigenvalue weighted by Gasteiger charge is 2.22. The standard InChI is InChI=1S/C25H31N2O2P/c1-8-23-21(12-10-14-26-23)16-19(3)29-25(5,6)18-28-30(7)20(4)17-22-13-11-15-27-24(22)9-2/h8-17H,2-3,18H2,1,4-7H3/b20-17+,21-16-,23-8+. The SMILES string of the molecule is C=Cc1ncccc1/C=C(\C)P(C)OCC(C)(C)OC(=C)/C=c1/cccn/c1=C/C. The molecule has 0 saturated carbocycles. The van der Waals surface area contributed by atoms with Gasteiger partial charge in [0.15, 0.2) is 0 Å². The van der Waals surface area contributed by atoms with E-state index in [2.05, 4.69) is 42.8 Å². The Morgan fingerprint density at radius 2 is 1.90 bits per heavy atom. The van der Waals surface area contributed by atoms with Crippen molar-refractivity contribution in [3.8, 4) is 0 Å². The molecule has 0 saturated heterocycles. The molecule has 0 radical (unpaired) electrons. The maximum atomic E-state index is 6.16. The minimum atomic E-state index is -0.764. The van der Waals surface area contributed by atoms with Gasteiger partial charge in [-0.25, -0.2) is 0 Å². The minimum Gasteiger partial charge on any atom is -0.486 e. The number of hydrogen-bond acceptors (Lipinski definition) is 4. The lowest BCUT2D eigenvalue weighted by atomic mass is 10.1. The van der Waals surface area contributed by atoms with Crippen molar-refractivity contribution in [3.05, 3.63) is 82.7 Å². The highest BCUT2D eigenvalue weighted by atomic mass is 31.1. The van der Waals surface area contributed by atoms with Crippen LogP contribution >= 0.6 is 8.15 Å². The number of nitrogens with zero attached hydrogens (tertiary/aromatic N) is 2. The van der Waals surface area contributed by atoms with E-state index >= 15 is 0 Å². The third kappa shape index (κ3) is 7.05. The van der Waals surface area contributed by atoms with Crippen LogP contribution in [-0.2, 0) is 9.26 Å². The Balaban J connectivity index is 2.02. The third-order valence-electron chi connectivity index (χ3n) is 4.40. The first-order valence-electron chi connectivity index (χ1n) is 9.85. The lowest BCUT2D eigenvalue weighted by Crippen LogP contribution is -2.31. The highest BCUT2D eigenvalue weighted by molar-refractivity contribution is 7.56. The van der Waals surface area contributed by atoms with E-state index in [9.17, 15) is 0 Å². The summed E-state index contributed by atoms with van der Waals surface area (Å²) >= 11 is 0. The van der Waals surface area contributed by atoms with Crippen molar-refractivity contribution < 1.29 is 9.26 Å². The van der Waals surface area contributed by atoms with Gasteiger partial charge in [0.1, 0.15) is 11.4 Å². The fourth-order valence-corrected chi connectivity index (χ4v) is 3.80. The summed E-state index contributed by atoms with van der Waals surface area (Å²) in [7, 11) is -0.764. The van der Waals surface area contributed by atoms with Gasteiger partial charge in [0.05, 0.1) is 25.8 Å². The maximum absolute atomic E-state index is 6.16. The van der Waals surface area contributed by atoms with Gasteiger partial charge in [-0.2, -0.15) is 0 Å². The van der Waals surface area contributed by atoms with Gasteiger partial charge in [0.2, 0.25) is 0 Å².